The minimum Gasteiger partial charge on any atom is -0.481 e. The molecule has 12 N–H and O–H groups in total. The smallest absolute Gasteiger partial charge is 0.321 e. The minimum absolute atomic E-state index is 0.532. The number of hydrogen-bond acceptors (Lipinski definition) is 5. The van der Waals surface area contributed by atoms with Crippen LogP contribution in [-0.2, 0) is 9.59 Å². The van der Waals surface area contributed by atoms with Crippen LogP contribution in [0.5, 0.6) is 0 Å². The summed E-state index contributed by atoms with van der Waals surface area (Å²) >= 11 is 0. The van der Waals surface area contributed by atoms with E-state index < -0.39 is 36.5 Å². The van der Waals surface area contributed by atoms with E-state index in [2.05, 4.69) is 22.9 Å². The summed E-state index contributed by atoms with van der Waals surface area (Å²) in [5.74, 6) is -2.50. The SMILES string of the molecule is NC(N)=O.NC(N)=O.N[C@@H](CC(=O)O)C(=O)O. The van der Waals surface area contributed by atoms with Crippen molar-refractivity contribution in [3.8, 4) is 0 Å². The van der Waals surface area contributed by atoms with Crippen molar-refractivity contribution in [1.29, 1.82) is 0 Å². The van der Waals surface area contributed by atoms with Gasteiger partial charge in [-0.2, -0.15) is 0 Å². The molecule has 1 atom stereocenters. The third kappa shape index (κ3) is 59.4. The Morgan fingerprint density at radius 3 is 1.18 bits per heavy atom. The van der Waals surface area contributed by atoms with Gasteiger partial charge < -0.3 is 38.9 Å². The van der Waals surface area contributed by atoms with Gasteiger partial charge in [-0.25, -0.2) is 9.59 Å². The van der Waals surface area contributed by atoms with Gasteiger partial charge in [0, 0.05) is 0 Å². The van der Waals surface area contributed by atoms with Gasteiger partial charge in [-0.15, -0.1) is 0 Å². The molecular formula is C6H15N5O6. The van der Waals surface area contributed by atoms with E-state index >= 15 is 0 Å². The zero-order valence-electron chi connectivity index (χ0n) is 8.70. The summed E-state index contributed by atoms with van der Waals surface area (Å²) in [6.07, 6.45) is -0.532. The molecule has 0 aromatic heterocycles. The third-order valence-electron chi connectivity index (χ3n) is 0.712. The molecule has 0 heterocycles. The molecule has 0 radical (unpaired) electrons. The van der Waals surface area contributed by atoms with Crippen molar-refractivity contribution in [3.63, 3.8) is 0 Å². The molecule has 100 valence electrons. The molecule has 0 unspecified atom stereocenters. The monoisotopic (exact) mass is 253 g/mol. The molecule has 11 nitrogen and oxygen atoms in total. The summed E-state index contributed by atoms with van der Waals surface area (Å²) in [5, 5.41) is 16.0. The highest BCUT2D eigenvalue weighted by atomic mass is 16.4. The number of carbonyl (C=O) groups excluding carboxylic acids is 2. The van der Waals surface area contributed by atoms with Crippen molar-refractivity contribution in [1.82, 2.24) is 0 Å². The van der Waals surface area contributed by atoms with Gasteiger partial charge in [0.2, 0.25) is 0 Å². The van der Waals surface area contributed by atoms with Gasteiger partial charge in [0.15, 0.2) is 0 Å². The molecule has 4 amide bonds. The quantitative estimate of drug-likeness (QED) is 0.273. The first-order valence-electron chi connectivity index (χ1n) is 3.80. The van der Waals surface area contributed by atoms with Gasteiger partial charge in [-0.3, -0.25) is 9.59 Å². The number of hydrogen-bond donors (Lipinski definition) is 7. The van der Waals surface area contributed by atoms with Crippen molar-refractivity contribution in [3.05, 3.63) is 0 Å². The number of rotatable bonds is 3. The predicted octanol–water partition coefficient (Wildman–Crippen LogP) is -3.08. The molecule has 0 saturated carbocycles. The maximum atomic E-state index is 9.85. The highest BCUT2D eigenvalue weighted by molar-refractivity contribution is 5.80. The topological polar surface area (TPSA) is 239 Å². The number of carboxylic acid groups (broad SMARTS) is 2. The lowest BCUT2D eigenvalue weighted by Gasteiger charge is -1.99. The zero-order valence-corrected chi connectivity index (χ0v) is 8.70. The van der Waals surface area contributed by atoms with Crippen molar-refractivity contribution in [2.45, 2.75) is 12.5 Å². The lowest BCUT2D eigenvalue weighted by atomic mass is 10.2. The lowest BCUT2D eigenvalue weighted by molar-refractivity contribution is -0.144. The standard InChI is InChI=1S/C4H7NO4.2CH4N2O/c5-2(4(8)9)1-3(6)7;2*2-1(3)4/h2H,1,5H2,(H,6,7)(H,8,9);2*(H4,2,3,4)/t2-;;/m0../s1. The Bertz CT molecular complexity index is 260. The van der Waals surface area contributed by atoms with Crippen LogP contribution in [-0.4, -0.2) is 40.3 Å². The van der Waals surface area contributed by atoms with E-state index in [0.717, 1.165) is 0 Å². The molecular weight excluding hydrogens is 238 g/mol. The van der Waals surface area contributed by atoms with Gasteiger partial charge >= 0.3 is 24.0 Å². The Kier molecular flexibility index (Phi) is 13.5. The molecule has 0 aromatic rings. The van der Waals surface area contributed by atoms with Crippen LogP contribution in [0, 0.1) is 0 Å². The Balaban J connectivity index is -0.000000205. The summed E-state index contributed by atoms with van der Waals surface area (Å²) in [6.45, 7) is 0. The number of nitrogens with two attached hydrogens (primary N) is 5. The molecule has 0 spiro atoms. The normalized spacial score (nSPS) is 9.47. The van der Waals surface area contributed by atoms with Crippen LogP contribution in [0.4, 0.5) is 9.59 Å². The fraction of sp³-hybridized carbons (Fsp3) is 0.333. The number of carbonyl (C=O) groups is 4. The van der Waals surface area contributed by atoms with Crippen molar-refractivity contribution >= 4 is 24.0 Å². The van der Waals surface area contributed by atoms with Crippen LogP contribution in [0.1, 0.15) is 6.42 Å². The minimum atomic E-state index is -1.29. The van der Waals surface area contributed by atoms with Gasteiger partial charge in [0.1, 0.15) is 6.04 Å². The van der Waals surface area contributed by atoms with Crippen molar-refractivity contribution in [2.75, 3.05) is 0 Å². The average molecular weight is 253 g/mol. The molecule has 0 aromatic carbocycles. The fourth-order valence-electron chi connectivity index (χ4n) is 0.275. The molecule has 17 heavy (non-hydrogen) atoms. The van der Waals surface area contributed by atoms with Crippen LogP contribution < -0.4 is 28.7 Å². The van der Waals surface area contributed by atoms with Gasteiger partial charge in [0.25, 0.3) is 0 Å². The maximum absolute atomic E-state index is 9.85. The van der Waals surface area contributed by atoms with E-state index in [-0.39, 0.29) is 0 Å². The molecule has 0 fully saturated rings. The Morgan fingerprint density at radius 1 is 0.882 bits per heavy atom. The largest absolute Gasteiger partial charge is 0.481 e. The van der Waals surface area contributed by atoms with E-state index in [1.54, 1.807) is 0 Å². The van der Waals surface area contributed by atoms with Gasteiger partial charge in [0.05, 0.1) is 6.42 Å². The lowest BCUT2D eigenvalue weighted by Crippen LogP contribution is -2.32. The number of aliphatic carboxylic acids is 2. The molecule has 0 aliphatic rings. The van der Waals surface area contributed by atoms with E-state index in [0.29, 0.717) is 0 Å². The van der Waals surface area contributed by atoms with Crippen molar-refractivity contribution in [2.24, 2.45) is 28.7 Å². The summed E-state index contributed by atoms with van der Waals surface area (Å²) in [6, 6.07) is -2.96. The average Bonchev–Trinajstić information content (AvgIpc) is 1.99. The molecule has 0 aliphatic heterocycles. The first-order chi connectivity index (χ1) is 7.50. The van der Waals surface area contributed by atoms with Crippen LogP contribution in [0.3, 0.4) is 0 Å². The second kappa shape index (κ2) is 11.5. The number of carboxylic acids is 2. The fourth-order valence-corrected chi connectivity index (χ4v) is 0.275. The second-order valence-corrected chi connectivity index (χ2v) is 2.35. The highest BCUT2D eigenvalue weighted by Crippen LogP contribution is 1.86. The second-order valence-electron chi connectivity index (χ2n) is 2.35. The molecule has 0 bridgehead atoms. The number of amides is 4. The van der Waals surface area contributed by atoms with Gasteiger partial charge in [-0.05, 0) is 0 Å². The van der Waals surface area contributed by atoms with Crippen LogP contribution in [0.15, 0.2) is 0 Å². The maximum Gasteiger partial charge on any atom is 0.321 e. The van der Waals surface area contributed by atoms with E-state index in [9.17, 15) is 9.59 Å². The Labute approximate surface area is 95.5 Å². The number of primary amides is 4. The van der Waals surface area contributed by atoms with Crippen molar-refractivity contribution < 1.29 is 29.4 Å². The van der Waals surface area contributed by atoms with Crippen LogP contribution in [0.25, 0.3) is 0 Å². The summed E-state index contributed by atoms with van der Waals surface area (Å²) in [5.41, 5.74) is 21.8. The van der Waals surface area contributed by atoms with Crippen LogP contribution in [0.2, 0.25) is 0 Å². The summed E-state index contributed by atoms with van der Waals surface area (Å²) in [4.78, 5) is 37.6. The zero-order chi connectivity index (χ0) is 14.6. The highest BCUT2D eigenvalue weighted by Gasteiger charge is 2.14. The van der Waals surface area contributed by atoms with Crippen LogP contribution >= 0.6 is 0 Å². The predicted molar refractivity (Wildman–Crippen MR) is 55.4 cm³/mol. The molecule has 0 aliphatic carbocycles. The van der Waals surface area contributed by atoms with E-state index in [1.807, 2.05) is 0 Å². The van der Waals surface area contributed by atoms with E-state index in [4.69, 9.17) is 25.5 Å². The summed E-state index contributed by atoms with van der Waals surface area (Å²) < 4.78 is 0. The summed E-state index contributed by atoms with van der Waals surface area (Å²) in [7, 11) is 0. The third-order valence-corrected chi connectivity index (χ3v) is 0.712. The molecule has 0 saturated heterocycles. The first kappa shape index (κ1) is 19.9. The Morgan fingerprint density at radius 2 is 1.12 bits per heavy atom. The van der Waals surface area contributed by atoms with Gasteiger partial charge in [-0.1, -0.05) is 0 Å². The Hall–Kier alpha value is -2.56. The number of urea groups is 2. The van der Waals surface area contributed by atoms with E-state index in [1.165, 1.54) is 0 Å². The first-order valence-corrected chi connectivity index (χ1v) is 3.80. The molecule has 0 rings (SSSR count). The molecule has 11 heteroatoms.